The minimum Gasteiger partial charge on any atom is -0.478 e. The first-order valence-corrected chi connectivity index (χ1v) is 5.64. The van der Waals surface area contributed by atoms with Crippen molar-refractivity contribution in [2.75, 3.05) is 5.73 Å². The number of hydrogen-bond donors (Lipinski definition) is 3. The molecule has 7 nitrogen and oxygen atoms in total. The quantitative estimate of drug-likeness (QED) is 0.780. The number of nitrogens with zero attached hydrogens (tertiary/aromatic N) is 1. The van der Waals surface area contributed by atoms with Gasteiger partial charge in [-0.3, -0.25) is 4.79 Å². The van der Waals surface area contributed by atoms with Crippen LogP contribution in [-0.2, 0) is 0 Å². The average molecular weight is 291 g/mol. The molecule has 0 saturated carbocycles. The van der Waals surface area contributed by atoms with Crippen LogP contribution in [0.25, 0.3) is 0 Å². The number of ether oxygens (including phenoxy) is 1. The molecule has 0 radical (unpaired) electrons. The molecule has 0 aliphatic rings. The predicted octanol–water partition coefficient (Wildman–Crippen LogP) is 1.39. The third-order valence-corrected chi connectivity index (χ3v) is 2.57. The number of pyridine rings is 1. The molecule has 2 aromatic rings. The lowest BCUT2D eigenvalue weighted by Gasteiger charge is -2.07. The highest BCUT2D eigenvalue weighted by atomic mass is 19.1. The maximum absolute atomic E-state index is 13.6. The number of carbonyl (C=O) groups is 2. The van der Waals surface area contributed by atoms with Gasteiger partial charge < -0.3 is 21.3 Å². The van der Waals surface area contributed by atoms with E-state index in [-0.39, 0.29) is 28.4 Å². The van der Waals surface area contributed by atoms with Gasteiger partial charge in [-0.2, -0.15) is 0 Å². The molecule has 0 saturated heterocycles. The molecule has 8 heteroatoms. The van der Waals surface area contributed by atoms with E-state index < -0.39 is 17.7 Å². The van der Waals surface area contributed by atoms with Crippen molar-refractivity contribution in [2.45, 2.75) is 0 Å². The van der Waals surface area contributed by atoms with Crippen LogP contribution in [0.4, 0.5) is 10.1 Å². The molecule has 1 aromatic carbocycles. The summed E-state index contributed by atoms with van der Waals surface area (Å²) >= 11 is 0. The van der Waals surface area contributed by atoms with E-state index in [2.05, 4.69) is 4.98 Å². The molecule has 0 bridgehead atoms. The Kier molecular flexibility index (Phi) is 3.70. The zero-order chi connectivity index (χ0) is 15.6. The van der Waals surface area contributed by atoms with Crippen molar-refractivity contribution in [3.05, 3.63) is 47.4 Å². The summed E-state index contributed by atoms with van der Waals surface area (Å²) in [5.74, 6) is -3.04. The molecule has 1 aromatic heterocycles. The second kappa shape index (κ2) is 5.45. The molecular weight excluding hydrogens is 281 g/mol. The maximum atomic E-state index is 13.6. The molecule has 1 heterocycles. The van der Waals surface area contributed by atoms with E-state index >= 15 is 0 Å². The van der Waals surface area contributed by atoms with Gasteiger partial charge in [-0.25, -0.2) is 14.2 Å². The fraction of sp³-hybridized carbons (Fsp3) is 0. The molecule has 5 N–H and O–H groups in total. The Morgan fingerprint density at radius 1 is 1.24 bits per heavy atom. The van der Waals surface area contributed by atoms with Gasteiger partial charge in [0.05, 0.1) is 23.0 Å². The van der Waals surface area contributed by atoms with Crippen LogP contribution in [0.1, 0.15) is 20.7 Å². The number of aromatic carboxylic acids is 1. The number of aromatic nitrogens is 1. The number of benzene rings is 1. The summed E-state index contributed by atoms with van der Waals surface area (Å²) in [7, 11) is 0. The van der Waals surface area contributed by atoms with Crippen LogP contribution in [0, 0.1) is 5.82 Å². The van der Waals surface area contributed by atoms with E-state index in [1.165, 1.54) is 6.07 Å². The number of carbonyl (C=O) groups excluding carboxylic acids is 1. The van der Waals surface area contributed by atoms with Crippen LogP contribution in [0.3, 0.4) is 0 Å². The van der Waals surface area contributed by atoms with Crippen molar-refractivity contribution in [3.8, 4) is 11.6 Å². The van der Waals surface area contributed by atoms with E-state index in [4.69, 9.17) is 21.3 Å². The number of primary amides is 1. The SMILES string of the molecule is NC(=O)c1ccc(Oc2cc(C(=O)O)c(N)cn2)cc1F. The topological polar surface area (TPSA) is 129 Å². The van der Waals surface area contributed by atoms with E-state index in [0.717, 1.165) is 24.4 Å². The van der Waals surface area contributed by atoms with Gasteiger partial charge in [0, 0.05) is 12.1 Å². The Hall–Kier alpha value is -3.16. The van der Waals surface area contributed by atoms with Crippen molar-refractivity contribution in [2.24, 2.45) is 5.73 Å². The monoisotopic (exact) mass is 291 g/mol. The Morgan fingerprint density at radius 3 is 2.52 bits per heavy atom. The highest BCUT2D eigenvalue weighted by Crippen LogP contribution is 2.24. The smallest absolute Gasteiger partial charge is 0.338 e. The van der Waals surface area contributed by atoms with Gasteiger partial charge in [-0.05, 0) is 12.1 Å². The van der Waals surface area contributed by atoms with Crippen LogP contribution in [-0.4, -0.2) is 22.0 Å². The van der Waals surface area contributed by atoms with Gasteiger partial charge >= 0.3 is 5.97 Å². The van der Waals surface area contributed by atoms with E-state index in [1.807, 2.05) is 0 Å². The number of carboxylic acids is 1. The highest BCUT2D eigenvalue weighted by molar-refractivity contribution is 5.94. The number of carboxylic acid groups (broad SMARTS) is 1. The molecule has 0 spiro atoms. The van der Waals surface area contributed by atoms with Crippen LogP contribution in [0.15, 0.2) is 30.5 Å². The average Bonchev–Trinajstić information content (AvgIpc) is 2.40. The molecule has 108 valence electrons. The first-order chi connectivity index (χ1) is 9.88. The lowest BCUT2D eigenvalue weighted by molar-refractivity contribution is 0.0697. The summed E-state index contributed by atoms with van der Waals surface area (Å²) in [6.45, 7) is 0. The summed E-state index contributed by atoms with van der Waals surface area (Å²) in [6.07, 6.45) is 1.12. The second-order valence-electron chi connectivity index (χ2n) is 4.02. The fourth-order valence-electron chi connectivity index (χ4n) is 1.57. The van der Waals surface area contributed by atoms with Crippen molar-refractivity contribution in [3.63, 3.8) is 0 Å². The van der Waals surface area contributed by atoms with Gasteiger partial charge in [0.25, 0.3) is 5.91 Å². The molecule has 0 fully saturated rings. The summed E-state index contributed by atoms with van der Waals surface area (Å²) in [6, 6.07) is 4.51. The largest absolute Gasteiger partial charge is 0.478 e. The van der Waals surface area contributed by atoms with Gasteiger partial charge in [-0.15, -0.1) is 0 Å². The van der Waals surface area contributed by atoms with E-state index in [9.17, 15) is 14.0 Å². The van der Waals surface area contributed by atoms with Gasteiger partial charge in [0.2, 0.25) is 5.88 Å². The number of halogens is 1. The first-order valence-electron chi connectivity index (χ1n) is 5.64. The van der Waals surface area contributed by atoms with Crippen molar-refractivity contribution in [1.82, 2.24) is 4.98 Å². The second-order valence-corrected chi connectivity index (χ2v) is 4.02. The summed E-state index contributed by atoms with van der Waals surface area (Å²) in [5, 5.41) is 8.92. The molecule has 0 atom stereocenters. The van der Waals surface area contributed by atoms with Crippen molar-refractivity contribution in [1.29, 1.82) is 0 Å². The zero-order valence-electron chi connectivity index (χ0n) is 10.5. The Morgan fingerprint density at radius 2 is 1.95 bits per heavy atom. The molecule has 0 aliphatic carbocycles. The molecule has 2 rings (SSSR count). The van der Waals surface area contributed by atoms with Crippen LogP contribution in [0.5, 0.6) is 11.6 Å². The maximum Gasteiger partial charge on any atom is 0.338 e. The Balaban J connectivity index is 2.30. The fourth-order valence-corrected chi connectivity index (χ4v) is 1.57. The molecule has 1 amide bonds. The van der Waals surface area contributed by atoms with Crippen molar-refractivity contribution >= 4 is 17.6 Å². The molecule has 21 heavy (non-hydrogen) atoms. The van der Waals surface area contributed by atoms with E-state index in [1.54, 1.807) is 0 Å². The third kappa shape index (κ3) is 3.06. The normalized spacial score (nSPS) is 10.1. The minimum atomic E-state index is -1.24. The number of nitrogen functional groups attached to an aromatic ring is 1. The summed E-state index contributed by atoms with van der Waals surface area (Å²) < 4.78 is 18.8. The number of nitrogens with two attached hydrogens (primary N) is 2. The van der Waals surface area contributed by atoms with Gasteiger partial charge in [0.1, 0.15) is 11.6 Å². The molecule has 0 unspecified atom stereocenters. The standard InChI is InChI=1S/C13H10FN3O4/c14-9-3-6(1-2-7(9)12(16)18)21-11-4-8(13(19)20)10(15)5-17-11/h1-5H,15H2,(H2,16,18)(H,19,20). The number of hydrogen-bond acceptors (Lipinski definition) is 5. The third-order valence-electron chi connectivity index (χ3n) is 2.57. The predicted molar refractivity (Wildman–Crippen MR) is 70.6 cm³/mol. The lowest BCUT2D eigenvalue weighted by Crippen LogP contribution is -2.12. The minimum absolute atomic E-state index is 0.0230. The first kappa shape index (κ1) is 14.3. The van der Waals surface area contributed by atoms with Gasteiger partial charge in [0.15, 0.2) is 0 Å². The molecule has 0 aliphatic heterocycles. The van der Waals surface area contributed by atoms with Crippen molar-refractivity contribution < 1.29 is 23.8 Å². The van der Waals surface area contributed by atoms with Crippen LogP contribution in [0.2, 0.25) is 0 Å². The Labute approximate surface area is 118 Å². The highest BCUT2D eigenvalue weighted by Gasteiger charge is 2.13. The summed E-state index contributed by atoms with van der Waals surface area (Å²) in [4.78, 5) is 25.6. The Bertz CT molecular complexity index is 733. The van der Waals surface area contributed by atoms with E-state index in [0.29, 0.717) is 0 Å². The van der Waals surface area contributed by atoms with Crippen LogP contribution >= 0.6 is 0 Å². The number of rotatable bonds is 4. The zero-order valence-corrected chi connectivity index (χ0v) is 10.5. The lowest BCUT2D eigenvalue weighted by atomic mass is 10.2. The van der Waals surface area contributed by atoms with Crippen LogP contribution < -0.4 is 16.2 Å². The number of amides is 1. The molecular formula is C13H10FN3O4. The number of anilines is 1. The van der Waals surface area contributed by atoms with Gasteiger partial charge in [-0.1, -0.05) is 0 Å². The summed E-state index contributed by atoms with van der Waals surface area (Å²) in [5.41, 5.74) is 9.94.